The fourth-order valence-electron chi connectivity index (χ4n) is 3.64. The van der Waals surface area contributed by atoms with Crippen molar-refractivity contribution in [2.45, 2.75) is 70.9 Å². The molecule has 1 aliphatic carbocycles. The van der Waals surface area contributed by atoms with E-state index < -0.39 is 11.9 Å². The van der Waals surface area contributed by atoms with Crippen molar-refractivity contribution < 1.29 is 14.7 Å². The number of carbonyl (C=O) groups excluding carboxylic acids is 1. The maximum atomic E-state index is 12.5. The van der Waals surface area contributed by atoms with E-state index in [-0.39, 0.29) is 18.1 Å². The topological polar surface area (TPSA) is 69.6 Å². The Balaban J connectivity index is 2.00. The van der Waals surface area contributed by atoms with E-state index in [1.165, 1.54) is 0 Å². The molecule has 2 N–H and O–H groups in total. The third-order valence-electron chi connectivity index (χ3n) is 5.28. The Hall–Kier alpha value is -1.26. The predicted molar refractivity (Wildman–Crippen MR) is 81.1 cm³/mol. The number of carboxylic acids is 1. The lowest BCUT2D eigenvalue weighted by molar-refractivity contribution is -0.142. The van der Waals surface area contributed by atoms with Crippen molar-refractivity contribution in [2.24, 2.45) is 11.8 Å². The second-order valence-corrected chi connectivity index (χ2v) is 6.69. The van der Waals surface area contributed by atoms with Gasteiger partial charge in [-0.25, -0.2) is 4.79 Å². The van der Waals surface area contributed by atoms with E-state index in [9.17, 15) is 14.7 Å². The summed E-state index contributed by atoms with van der Waals surface area (Å²) in [6.45, 7) is 5.04. The number of rotatable bonds is 2. The molecule has 0 bridgehead atoms. The number of carbonyl (C=O) groups is 2. The van der Waals surface area contributed by atoms with E-state index in [0.29, 0.717) is 12.3 Å². The van der Waals surface area contributed by atoms with Gasteiger partial charge >= 0.3 is 12.0 Å². The Morgan fingerprint density at radius 1 is 1.05 bits per heavy atom. The van der Waals surface area contributed by atoms with Crippen LogP contribution in [-0.4, -0.2) is 40.6 Å². The van der Waals surface area contributed by atoms with Crippen LogP contribution in [0.25, 0.3) is 0 Å². The van der Waals surface area contributed by atoms with Gasteiger partial charge in [0.2, 0.25) is 0 Å². The number of hydrogen-bond donors (Lipinski definition) is 2. The molecule has 2 rings (SSSR count). The first-order chi connectivity index (χ1) is 10.0. The maximum Gasteiger partial charge on any atom is 0.317 e. The van der Waals surface area contributed by atoms with Crippen LogP contribution in [0.2, 0.25) is 0 Å². The van der Waals surface area contributed by atoms with Crippen LogP contribution in [0, 0.1) is 11.8 Å². The molecule has 2 aliphatic rings. The van der Waals surface area contributed by atoms with Gasteiger partial charge in [-0.2, -0.15) is 0 Å². The number of likely N-dealkylation sites (tertiary alicyclic amines) is 1. The molecule has 0 aromatic rings. The normalized spacial score (nSPS) is 34.1. The number of piperidine rings is 1. The van der Waals surface area contributed by atoms with Crippen molar-refractivity contribution in [3.63, 3.8) is 0 Å². The summed E-state index contributed by atoms with van der Waals surface area (Å²) in [6.07, 6.45) is 6.65. The van der Waals surface area contributed by atoms with Crippen LogP contribution in [0.4, 0.5) is 4.79 Å². The van der Waals surface area contributed by atoms with Gasteiger partial charge in [0.25, 0.3) is 0 Å². The van der Waals surface area contributed by atoms with Gasteiger partial charge in [-0.05, 0) is 38.5 Å². The quantitative estimate of drug-likeness (QED) is 0.770. The first kappa shape index (κ1) is 16.1. The van der Waals surface area contributed by atoms with Gasteiger partial charge in [0.15, 0.2) is 0 Å². The smallest absolute Gasteiger partial charge is 0.317 e. The SMILES string of the molecule is CC1CCCN(C(=O)NC2CCCCCC2C(=O)O)C1C. The number of urea groups is 1. The molecule has 1 heterocycles. The molecule has 5 heteroatoms. The Labute approximate surface area is 127 Å². The minimum Gasteiger partial charge on any atom is -0.481 e. The van der Waals surface area contributed by atoms with E-state index in [1.807, 2.05) is 4.90 Å². The average molecular weight is 296 g/mol. The van der Waals surface area contributed by atoms with Crippen molar-refractivity contribution in [3.05, 3.63) is 0 Å². The molecule has 2 amide bonds. The summed E-state index contributed by atoms with van der Waals surface area (Å²) in [7, 11) is 0. The zero-order valence-corrected chi connectivity index (χ0v) is 13.2. The van der Waals surface area contributed by atoms with Crippen molar-refractivity contribution in [1.29, 1.82) is 0 Å². The summed E-state index contributed by atoms with van der Waals surface area (Å²) >= 11 is 0. The van der Waals surface area contributed by atoms with E-state index >= 15 is 0 Å². The van der Waals surface area contributed by atoms with E-state index in [4.69, 9.17) is 0 Å². The molecule has 120 valence electrons. The number of aliphatic carboxylic acids is 1. The minimum absolute atomic E-state index is 0.0767. The molecule has 0 radical (unpaired) electrons. The zero-order valence-electron chi connectivity index (χ0n) is 13.2. The number of nitrogens with zero attached hydrogens (tertiary/aromatic N) is 1. The van der Waals surface area contributed by atoms with Crippen LogP contribution in [0.15, 0.2) is 0 Å². The second kappa shape index (κ2) is 7.14. The van der Waals surface area contributed by atoms with Crippen LogP contribution < -0.4 is 5.32 Å². The summed E-state index contributed by atoms with van der Waals surface area (Å²) in [6, 6.07) is -0.0676. The Kier molecular flexibility index (Phi) is 5.48. The fourth-order valence-corrected chi connectivity index (χ4v) is 3.64. The summed E-state index contributed by atoms with van der Waals surface area (Å²) in [4.78, 5) is 25.8. The number of hydrogen-bond acceptors (Lipinski definition) is 2. The zero-order chi connectivity index (χ0) is 15.4. The molecule has 5 nitrogen and oxygen atoms in total. The lowest BCUT2D eigenvalue weighted by atomic mass is 9.92. The van der Waals surface area contributed by atoms with Gasteiger partial charge in [-0.3, -0.25) is 4.79 Å². The van der Waals surface area contributed by atoms with Crippen molar-refractivity contribution >= 4 is 12.0 Å². The lowest BCUT2D eigenvalue weighted by Crippen LogP contribution is -2.54. The summed E-state index contributed by atoms with van der Waals surface area (Å²) in [5.74, 6) is -0.704. The molecule has 1 saturated heterocycles. The fraction of sp³-hybridized carbons (Fsp3) is 0.875. The molecule has 4 atom stereocenters. The first-order valence-corrected chi connectivity index (χ1v) is 8.30. The van der Waals surface area contributed by atoms with Crippen LogP contribution in [0.5, 0.6) is 0 Å². The van der Waals surface area contributed by atoms with Crippen LogP contribution in [0.3, 0.4) is 0 Å². The van der Waals surface area contributed by atoms with Crippen LogP contribution in [-0.2, 0) is 4.79 Å². The van der Waals surface area contributed by atoms with Crippen molar-refractivity contribution in [1.82, 2.24) is 10.2 Å². The summed E-state index contributed by atoms with van der Waals surface area (Å²) in [5, 5.41) is 12.4. The number of nitrogens with one attached hydrogen (secondary N) is 1. The summed E-state index contributed by atoms with van der Waals surface area (Å²) < 4.78 is 0. The van der Waals surface area contributed by atoms with Gasteiger partial charge in [0, 0.05) is 18.6 Å². The third kappa shape index (κ3) is 3.89. The summed E-state index contributed by atoms with van der Waals surface area (Å²) in [5.41, 5.74) is 0. The average Bonchev–Trinajstić information content (AvgIpc) is 2.67. The Morgan fingerprint density at radius 3 is 2.48 bits per heavy atom. The highest BCUT2D eigenvalue weighted by atomic mass is 16.4. The largest absolute Gasteiger partial charge is 0.481 e. The molecule has 2 fully saturated rings. The van der Waals surface area contributed by atoms with E-state index in [2.05, 4.69) is 19.2 Å². The molecule has 1 aliphatic heterocycles. The number of carboxylic acid groups (broad SMARTS) is 1. The molecule has 0 aromatic carbocycles. The van der Waals surface area contributed by atoms with Gasteiger partial charge < -0.3 is 15.3 Å². The molecule has 21 heavy (non-hydrogen) atoms. The molecular weight excluding hydrogens is 268 g/mol. The molecular formula is C16H28N2O3. The van der Waals surface area contributed by atoms with Crippen LogP contribution in [0.1, 0.15) is 58.8 Å². The van der Waals surface area contributed by atoms with Gasteiger partial charge in [0.1, 0.15) is 0 Å². The minimum atomic E-state index is -0.776. The Morgan fingerprint density at radius 2 is 1.76 bits per heavy atom. The third-order valence-corrected chi connectivity index (χ3v) is 5.28. The highest BCUT2D eigenvalue weighted by molar-refractivity contribution is 5.77. The highest BCUT2D eigenvalue weighted by Crippen LogP contribution is 2.26. The molecule has 4 unspecified atom stereocenters. The van der Waals surface area contributed by atoms with Gasteiger partial charge in [-0.15, -0.1) is 0 Å². The number of amides is 2. The van der Waals surface area contributed by atoms with Crippen molar-refractivity contribution in [3.8, 4) is 0 Å². The lowest BCUT2D eigenvalue weighted by Gasteiger charge is -2.39. The van der Waals surface area contributed by atoms with E-state index in [1.54, 1.807) is 0 Å². The van der Waals surface area contributed by atoms with Gasteiger partial charge in [0.05, 0.1) is 5.92 Å². The molecule has 0 aromatic heterocycles. The Bertz CT molecular complexity index is 386. The van der Waals surface area contributed by atoms with Crippen molar-refractivity contribution in [2.75, 3.05) is 6.54 Å². The predicted octanol–water partition coefficient (Wildman–Crippen LogP) is 2.85. The van der Waals surface area contributed by atoms with Gasteiger partial charge in [-0.1, -0.05) is 26.2 Å². The maximum absolute atomic E-state index is 12.5. The first-order valence-electron chi connectivity index (χ1n) is 8.30. The molecule has 0 spiro atoms. The standard InChI is InChI=1S/C16H28N2O3/c1-11-7-6-10-18(12(11)2)16(21)17-14-9-5-3-4-8-13(14)15(19)20/h11-14H,3-10H2,1-2H3,(H,17,21)(H,19,20). The highest BCUT2D eigenvalue weighted by Gasteiger charge is 2.34. The van der Waals surface area contributed by atoms with Crippen LogP contribution >= 0.6 is 0 Å². The second-order valence-electron chi connectivity index (χ2n) is 6.69. The van der Waals surface area contributed by atoms with E-state index in [0.717, 1.165) is 45.1 Å². The molecule has 1 saturated carbocycles. The monoisotopic (exact) mass is 296 g/mol.